The average molecular weight is 283 g/mol. The number of nitrogens with one attached hydrogen (secondary N) is 2. The Morgan fingerprint density at radius 2 is 2.05 bits per heavy atom. The fraction of sp³-hybridized carbons (Fsp3) is 0.545. The van der Waals surface area contributed by atoms with Crippen molar-refractivity contribution in [2.45, 2.75) is 6.92 Å². The number of hydrogen-bond acceptors (Lipinski definition) is 6. The van der Waals surface area contributed by atoms with E-state index in [1.54, 1.807) is 17.5 Å². The zero-order valence-corrected chi connectivity index (χ0v) is 11.6. The van der Waals surface area contributed by atoms with Crippen molar-refractivity contribution < 1.29 is 9.59 Å². The van der Waals surface area contributed by atoms with Gasteiger partial charge >= 0.3 is 0 Å². The number of nitrogens with zero attached hydrogens (tertiary/aromatic N) is 3. The van der Waals surface area contributed by atoms with E-state index < -0.39 is 0 Å². The number of aromatic nitrogens is 1. The monoisotopic (exact) mass is 283 g/mol. The summed E-state index contributed by atoms with van der Waals surface area (Å²) >= 11 is 1.63. The maximum Gasteiger partial charge on any atom is 0.252 e. The van der Waals surface area contributed by atoms with E-state index in [-0.39, 0.29) is 11.8 Å². The van der Waals surface area contributed by atoms with Gasteiger partial charge in [0.2, 0.25) is 5.91 Å². The maximum atomic E-state index is 11.5. The zero-order valence-electron chi connectivity index (χ0n) is 10.8. The van der Waals surface area contributed by atoms with Crippen molar-refractivity contribution in [3.8, 4) is 0 Å². The van der Waals surface area contributed by atoms with E-state index in [0.717, 1.165) is 31.3 Å². The summed E-state index contributed by atoms with van der Waals surface area (Å²) in [5.41, 5.74) is 4.65. The van der Waals surface area contributed by atoms with Gasteiger partial charge in [-0.15, -0.1) is 11.3 Å². The smallest absolute Gasteiger partial charge is 0.252 e. The van der Waals surface area contributed by atoms with Gasteiger partial charge in [0.15, 0.2) is 5.13 Å². The van der Waals surface area contributed by atoms with E-state index >= 15 is 0 Å². The zero-order chi connectivity index (χ0) is 13.7. The molecule has 0 unspecified atom stereocenters. The topological polar surface area (TPSA) is 77.6 Å². The third-order valence-electron chi connectivity index (χ3n) is 2.81. The van der Waals surface area contributed by atoms with Crippen molar-refractivity contribution in [2.75, 3.05) is 37.6 Å². The van der Waals surface area contributed by atoms with Gasteiger partial charge in [-0.25, -0.2) is 4.98 Å². The molecule has 2 amide bonds. The van der Waals surface area contributed by atoms with Crippen molar-refractivity contribution >= 4 is 28.3 Å². The summed E-state index contributed by atoms with van der Waals surface area (Å²) in [5.74, 6) is -0.472. The van der Waals surface area contributed by atoms with E-state index in [0.29, 0.717) is 6.54 Å². The molecule has 7 nitrogen and oxygen atoms in total. The number of carbonyl (C=O) groups is 2. The minimum Gasteiger partial charge on any atom is -0.346 e. The quantitative estimate of drug-likeness (QED) is 0.727. The van der Waals surface area contributed by atoms with Crippen LogP contribution in [0.25, 0.3) is 0 Å². The first-order valence-electron chi connectivity index (χ1n) is 6.07. The largest absolute Gasteiger partial charge is 0.346 e. The van der Waals surface area contributed by atoms with Crippen molar-refractivity contribution in [3.63, 3.8) is 0 Å². The molecule has 1 fully saturated rings. The van der Waals surface area contributed by atoms with Crippen LogP contribution in [0.1, 0.15) is 6.92 Å². The Balaban J connectivity index is 1.71. The number of amides is 2. The van der Waals surface area contributed by atoms with Gasteiger partial charge in [0, 0.05) is 44.7 Å². The lowest BCUT2D eigenvalue weighted by molar-refractivity contribution is -0.128. The first-order valence-corrected chi connectivity index (χ1v) is 6.95. The van der Waals surface area contributed by atoms with Crippen molar-refractivity contribution in [2.24, 2.45) is 0 Å². The third kappa shape index (κ3) is 4.18. The summed E-state index contributed by atoms with van der Waals surface area (Å²) in [5, 5.41) is 2.99. The van der Waals surface area contributed by atoms with Crippen LogP contribution in [0, 0.1) is 0 Å². The molecule has 1 aliphatic heterocycles. The summed E-state index contributed by atoms with van der Waals surface area (Å²) in [4.78, 5) is 30.7. The van der Waals surface area contributed by atoms with Crippen LogP contribution in [0.3, 0.4) is 0 Å². The van der Waals surface area contributed by atoms with Crippen molar-refractivity contribution in [3.05, 3.63) is 11.6 Å². The standard InChI is InChI=1S/C11H17N5O2S/c1-9(17)13-14-10(18)8-15-3-5-16(6-4-15)11-12-2-7-19-11/h2,7H,3-6,8H2,1H3,(H,13,17)(H,14,18). The molecule has 0 saturated carbocycles. The fourth-order valence-electron chi connectivity index (χ4n) is 1.87. The number of hydrazine groups is 1. The molecular formula is C11H17N5O2S. The van der Waals surface area contributed by atoms with Crippen LogP contribution in [-0.4, -0.2) is 54.4 Å². The number of rotatable bonds is 3. The average Bonchev–Trinajstić information content (AvgIpc) is 2.91. The molecular weight excluding hydrogens is 266 g/mol. The molecule has 1 aromatic heterocycles. The lowest BCUT2D eigenvalue weighted by atomic mass is 10.3. The van der Waals surface area contributed by atoms with Crippen molar-refractivity contribution in [1.29, 1.82) is 0 Å². The second-order valence-corrected chi connectivity index (χ2v) is 5.18. The van der Waals surface area contributed by atoms with Gasteiger partial charge in [-0.2, -0.15) is 0 Å². The number of hydrogen-bond donors (Lipinski definition) is 2. The highest BCUT2D eigenvalue weighted by atomic mass is 32.1. The van der Waals surface area contributed by atoms with E-state index in [2.05, 4.69) is 25.6 Å². The predicted octanol–water partition coefficient (Wildman–Crippen LogP) is -0.568. The van der Waals surface area contributed by atoms with Gasteiger partial charge < -0.3 is 4.90 Å². The normalized spacial score (nSPS) is 16.2. The number of anilines is 1. The molecule has 1 saturated heterocycles. The van der Waals surface area contributed by atoms with Gasteiger partial charge in [0.25, 0.3) is 5.91 Å². The molecule has 0 aliphatic carbocycles. The summed E-state index contributed by atoms with van der Waals surface area (Å²) in [6.07, 6.45) is 1.80. The Kier molecular flexibility index (Phi) is 4.69. The van der Waals surface area contributed by atoms with Gasteiger partial charge in [-0.05, 0) is 0 Å². The van der Waals surface area contributed by atoms with Gasteiger partial charge in [0.1, 0.15) is 0 Å². The van der Waals surface area contributed by atoms with E-state index in [1.807, 2.05) is 5.38 Å². The van der Waals surface area contributed by atoms with Gasteiger partial charge in [-0.3, -0.25) is 25.3 Å². The molecule has 0 bridgehead atoms. The first kappa shape index (κ1) is 13.8. The summed E-state index contributed by atoms with van der Waals surface area (Å²) < 4.78 is 0. The fourth-order valence-corrected chi connectivity index (χ4v) is 2.57. The predicted molar refractivity (Wildman–Crippen MR) is 72.7 cm³/mol. The van der Waals surface area contributed by atoms with Crippen LogP contribution in [0.4, 0.5) is 5.13 Å². The molecule has 8 heteroatoms. The van der Waals surface area contributed by atoms with Crippen LogP contribution in [0.15, 0.2) is 11.6 Å². The Labute approximate surface area is 115 Å². The highest BCUT2D eigenvalue weighted by Gasteiger charge is 2.20. The lowest BCUT2D eigenvalue weighted by Crippen LogP contribution is -2.51. The number of piperazine rings is 1. The van der Waals surface area contributed by atoms with Gasteiger partial charge in [0.05, 0.1) is 6.54 Å². The first-order chi connectivity index (χ1) is 9.15. The molecule has 2 rings (SSSR count). The second-order valence-electron chi connectivity index (χ2n) is 4.31. The highest BCUT2D eigenvalue weighted by Crippen LogP contribution is 2.18. The van der Waals surface area contributed by atoms with E-state index in [9.17, 15) is 9.59 Å². The Bertz CT molecular complexity index is 428. The lowest BCUT2D eigenvalue weighted by Gasteiger charge is -2.34. The van der Waals surface area contributed by atoms with Crippen LogP contribution in [0.2, 0.25) is 0 Å². The molecule has 1 aliphatic rings. The minimum atomic E-state index is -0.276. The van der Waals surface area contributed by atoms with E-state index in [4.69, 9.17) is 0 Å². The molecule has 19 heavy (non-hydrogen) atoms. The van der Waals surface area contributed by atoms with Crippen LogP contribution in [-0.2, 0) is 9.59 Å². The summed E-state index contributed by atoms with van der Waals surface area (Å²) in [7, 11) is 0. The van der Waals surface area contributed by atoms with Crippen LogP contribution in [0.5, 0.6) is 0 Å². The molecule has 104 valence electrons. The minimum absolute atomic E-state index is 0.196. The molecule has 0 atom stereocenters. The number of carbonyl (C=O) groups excluding carboxylic acids is 2. The van der Waals surface area contributed by atoms with Crippen molar-refractivity contribution in [1.82, 2.24) is 20.7 Å². The van der Waals surface area contributed by atoms with Crippen LogP contribution >= 0.6 is 11.3 Å². The molecule has 2 N–H and O–H groups in total. The molecule has 2 heterocycles. The Morgan fingerprint density at radius 3 is 2.63 bits per heavy atom. The number of thiazole rings is 1. The SMILES string of the molecule is CC(=O)NNC(=O)CN1CCN(c2nccs2)CC1. The highest BCUT2D eigenvalue weighted by molar-refractivity contribution is 7.13. The molecule has 1 aromatic rings. The summed E-state index contributed by atoms with van der Waals surface area (Å²) in [6, 6.07) is 0. The second kappa shape index (κ2) is 6.48. The Morgan fingerprint density at radius 1 is 1.32 bits per heavy atom. The Hall–Kier alpha value is -1.67. The van der Waals surface area contributed by atoms with E-state index in [1.165, 1.54) is 6.92 Å². The summed E-state index contributed by atoms with van der Waals surface area (Å²) in [6.45, 7) is 5.00. The maximum absolute atomic E-state index is 11.5. The molecule has 0 spiro atoms. The van der Waals surface area contributed by atoms with Crippen LogP contribution < -0.4 is 15.8 Å². The molecule has 0 radical (unpaired) electrons. The third-order valence-corrected chi connectivity index (χ3v) is 3.64. The molecule has 0 aromatic carbocycles. The van der Waals surface area contributed by atoms with Gasteiger partial charge in [-0.1, -0.05) is 0 Å².